The predicted octanol–water partition coefficient (Wildman–Crippen LogP) is 4.50. The van der Waals surface area contributed by atoms with E-state index < -0.39 is 10.0 Å². The summed E-state index contributed by atoms with van der Waals surface area (Å²) in [5.74, 6) is 0.0180. The highest BCUT2D eigenvalue weighted by molar-refractivity contribution is 7.92. The molecule has 0 saturated carbocycles. The summed E-state index contributed by atoms with van der Waals surface area (Å²) in [7, 11) is -1.97. The average Bonchev–Trinajstić information content (AvgIpc) is 3.33. The van der Waals surface area contributed by atoms with Crippen LogP contribution in [-0.2, 0) is 17.1 Å². The van der Waals surface area contributed by atoms with E-state index in [2.05, 4.69) is 9.71 Å². The molecule has 32 heavy (non-hydrogen) atoms. The van der Waals surface area contributed by atoms with Crippen LogP contribution in [0.3, 0.4) is 0 Å². The largest absolute Gasteiger partial charge is 0.347 e. The third kappa shape index (κ3) is 4.45. The van der Waals surface area contributed by atoms with E-state index in [1.54, 1.807) is 29.9 Å². The number of aryl methyl sites for hydroxylation is 4. The van der Waals surface area contributed by atoms with Crippen molar-refractivity contribution in [2.45, 2.75) is 44.9 Å². The Bertz CT molecular complexity index is 1270. The van der Waals surface area contributed by atoms with Gasteiger partial charge in [0.15, 0.2) is 0 Å². The Balaban J connectivity index is 1.60. The van der Waals surface area contributed by atoms with Crippen LogP contribution in [0.25, 0.3) is 10.7 Å². The summed E-state index contributed by atoms with van der Waals surface area (Å²) in [6.45, 7) is 7.32. The number of nitrogens with zero attached hydrogens (tertiary/aromatic N) is 3. The second-order valence-electron chi connectivity index (χ2n) is 8.36. The molecule has 0 atom stereocenters. The van der Waals surface area contributed by atoms with Gasteiger partial charge in [-0.1, -0.05) is 6.07 Å². The molecule has 1 fully saturated rings. The molecule has 1 aromatic carbocycles. The third-order valence-electron chi connectivity index (χ3n) is 5.90. The van der Waals surface area contributed by atoms with E-state index in [9.17, 15) is 13.2 Å². The maximum Gasteiger partial charge on any atom is 0.265 e. The molecule has 1 aliphatic heterocycles. The number of piperidine rings is 1. The molecule has 170 valence electrons. The number of hydrogen-bond donors (Lipinski definition) is 1. The van der Waals surface area contributed by atoms with Gasteiger partial charge in [0.25, 0.3) is 15.9 Å². The van der Waals surface area contributed by atoms with Crippen LogP contribution in [0.5, 0.6) is 0 Å². The van der Waals surface area contributed by atoms with Crippen molar-refractivity contribution in [3.8, 4) is 10.7 Å². The number of hydrogen-bond acceptors (Lipinski definition) is 5. The minimum absolute atomic E-state index is 0.0180. The Morgan fingerprint density at radius 3 is 2.47 bits per heavy atom. The Hall–Kier alpha value is -2.65. The number of aromatic nitrogens is 2. The van der Waals surface area contributed by atoms with Gasteiger partial charge in [-0.05, 0) is 69.4 Å². The molecule has 1 amide bonds. The van der Waals surface area contributed by atoms with Gasteiger partial charge in [0.05, 0.1) is 11.4 Å². The molecule has 2 aromatic heterocycles. The molecule has 3 aromatic rings. The smallest absolute Gasteiger partial charge is 0.265 e. The Morgan fingerprint density at radius 1 is 1.06 bits per heavy atom. The average molecular weight is 473 g/mol. The van der Waals surface area contributed by atoms with E-state index in [4.69, 9.17) is 0 Å². The molecule has 3 heterocycles. The van der Waals surface area contributed by atoms with Gasteiger partial charge >= 0.3 is 0 Å². The monoisotopic (exact) mass is 472 g/mol. The van der Waals surface area contributed by atoms with Crippen LogP contribution in [-0.4, -0.2) is 41.9 Å². The van der Waals surface area contributed by atoms with Gasteiger partial charge < -0.3 is 9.47 Å². The molecule has 1 saturated heterocycles. The molecule has 0 radical (unpaired) electrons. The standard InChI is InChI=1S/C23H28N4O3S2/c1-15-8-9-18(12-16(15)2)25-32(29,30)19-13-20(26(4)14-19)22-24-17(3)21(31-22)23(28)27-10-6-5-7-11-27/h8-9,12-14,25H,5-7,10-11H2,1-4H3. The molecule has 0 spiro atoms. The lowest BCUT2D eigenvalue weighted by molar-refractivity contribution is 0.0728. The van der Waals surface area contributed by atoms with Gasteiger partial charge in [-0.15, -0.1) is 11.3 Å². The van der Waals surface area contributed by atoms with Crippen molar-refractivity contribution < 1.29 is 13.2 Å². The van der Waals surface area contributed by atoms with E-state index in [-0.39, 0.29) is 10.8 Å². The van der Waals surface area contributed by atoms with Crippen LogP contribution in [0.2, 0.25) is 0 Å². The van der Waals surface area contributed by atoms with Gasteiger partial charge in [0.1, 0.15) is 14.8 Å². The van der Waals surface area contributed by atoms with Crippen LogP contribution in [0, 0.1) is 20.8 Å². The number of likely N-dealkylation sites (tertiary alicyclic amines) is 1. The zero-order chi connectivity index (χ0) is 23.0. The second-order valence-corrected chi connectivity index (χ2v) is 11.0. The summed E-state index contributed by atoms with van der Waals surface area (Å²) in [6, 6.07) is 7.07. The number of thiazole rings is 1. The first-order valence-electron chi connectivity index (χ1n) is 10.7. The highest BCUT2D eigenvalue weighted by Gasteiger charge is 2.25. The van der Waals surface area contributed by atoms with Crippen molar-refractivity contribution in [2.75, 3.05) is 17.8 Å². The molecule has 0 bridgehead atoms. The number of nitrogens with one attached hydrogen (secondary N) is 1. The summed E-state index contributed by atoms with van der Waals surface area (Å²) in [6.07, 6.45) is 4.79. The predicted molar refractivity (Wildman–Crippen MR) is 128 cm³/mol. The van der Waals surface area contributed by atoms with E-state index in [1.165, 1.54) is 11.3 Å². The fourth-order valence-electron chi connectivity index (χ4n) is 3.86. The zero-order valence-electron chi connectivity index (χ0n) is 18.8. The van der Waals surface area contributed by atoms with Crippen molar-refractivity contribution in [3.63, 3.8) is 0 Å². The molecule has 1 N–H and O–H groups in total. The first-order valence-corrected chi connectivity index (χ1v) is 13.0. The van der Waals surface area contributed by atoms with E-state index in [0.29, 0.717) is 27.0 Å². The van der Waals surface area contributed by atoms with Gasteiger partial charge in [-0.25, -0.2) is 13.4 Å². The highest BCUT2D eigenvalue weighted by atomic mass is 32.2. The van der Waals surface area contributed by atoms with Crippen molar-refractivity contribution in [2.24, 2.45) is 7.05 Å². The van der Waals surface area contributed by atoms with Crippen molar-refractivity contribution in [1.82, 2.24) is 14.5 Å². The van der Waals surface area contributed by atoms with Crippen molar-refractivity contribution in [3.05, 3.63) is 52.2 Å². The van der Waals surface area contributed by atoms with Crippen LogP contribution in [0.4, 0.5) is 5.69 Å². The zero-order valence-corrected chi connectivity index (χ0v) is 20.4. The van der Waals surface area contributed by atoms with Crippen LogP contribution in [0.15, 0.2) is 35.4 Å². The number of sulfonamides is 1. The normalized spacial score (nSPS) is 14.6. The molecule has 0 aliphatic carbocycles. The number of rotatable bonds is 5. The Labute approximate surface area is 193 Å². The first-order chi connectivity index (χ1) is 15.2. The molecule has 1 aliphatic rings. The maximum absolute atomic E-state index is 13.0. The summed E-state index contributed by atoms with van der Waals surface area (Å²) < 4.78 is 30.4. The van der Waals surface area contributed by atoms with E-state index in [0.717, 1.165) is 43.5 Å². The number of anilines is 1. The molecular formula is C23H28N4O3S2. The van der Waals surface area contributed by atoms with Crippen molar-refractivity contribution >= 4 is 33.0 Å². The minimum atomic E-state index is -3.76. The van der Waals surface area contributed by atoms with Crippen LogP contribution in [0.1, 0.15) is 45.8 Å². The maximum atomic E-state index is 13.0. The lowest BCUT2D eigenvalue weighted by atomic mass is 10.1. The lowest BCUT2D eigenvalue weighted by Gasteiger charge is -2.26. The van der Waals surface area contributed by atoms with Gasteiger partial charge in [-0.2, -0.15) is 0 Å². The van der Waals surface area contributed by atoms with Crippen LogP contribution < -0.4 is 4.72 Å². The van der Waals surface area contributed by atoms with Gasteiger partial charge in [-0.3, -0.25) is 9.52 Å². The molecule has 9 heteroatoms. The molecule has 0 unspecified atom stereocenters. The van der Waals surface area contributed by atoms with Gasteiger partial charge in [0.2, 0.25) is 0 Å². The first kappa shape index (κ1) is 22.5. The fraction of sp³-hybridized carbons (Fsp3) is 0.391. The second kappa shape index (κ2) is 8.71. The van der Waals surface area contributed by atoms with Crippen molar-refractivity contribution in [1.29, 1.82) is 0 Å². The summed E-state index contributed by atoms with van der Waals surface area (Å²) in [5, 5.41) is 0.637. The number of benzene rings is 1. The quantitative estimate of drug-likeness (QED) is 0.593. The topological polar surface area (TPSA) is 84.3 Å². The van der Waals surface area contributed by atoms with E-state index in [1.807, 2.05) is 37.8 Å². The SMILES string of the molecule is Cc1ccc(NS(=O)(=O)c2cc(-c3nc(C)c(C(=O)N4CCCCC4)s3)n(C)c2)cc1C. The minimum Gasteiger partial charge on any atom is -0.347 e. The summed E-state index contributed by atoms with van der Waals surface area (Å²) in [5.41, 5.74) is 3.99. The Morgan fingerprint density at radius 2 is 1.78 bits per heavy atom. The number of carbonyl (C=O) groups is 1. The summed E-state index contributed by atoms with van der Waals surface area (Å²) in [4.78, 5) is 20.2. The lowest BCUT2D eigenvalue weighted by Crippen LogP contribution is -2.35. The highest BCUT2D eigenvalue weighted by Crippen LogP contribution is 2.32. The molecule has 7 nitrogen and oxygen atoms in total. The van der Waals surface area contributed by atoms with Gasteiger partial charge in [0, 0.05) is 32.0 Å². The van der Waals surface area contributed by atoms with Crippen LogP contribution >= 0.6 is 11.3 Å². The Kier molecular flexibility index (Phi) is 6.13. The number of carbonyl (C=O) groups excluding carboxylic acids is 1. The van der Waals surface area contributed by atoms with E-state index >= 15 is 0 Å². The third-order valence-corrected chi connectivity index (χ3v) is 8.42. The fourth-order valence-corrected chi connectivity index (χ4v) is 6.07. The molecule has 4 rings (SSSR count). The summed E-state index contributed by atoms with van der Waals surface area (Å²) >= 11 is 1.32. The molecular weight excluding hydrogens is 444 g/mol. The number of amides is 1.